The normalized spacial score (nSPS) is 15.6. The number of non-ortho nitro benzene ring substituents is 1. The second-order valence-corrected chi connectivity index (χ2v) is 6.97. The molecule has 3 atom stereocenters. The maximum atomic E-state index is 10.7. The summed E-state index contributed by atoms with van der Waals surface area (Å²) in [6, 6.07) is 10.3. The Morgan fingerprint density at radius 1 is 1.13 bits per heavy atom. The Balaban J connectivity index is 1.43. The number of aliphatic hydroxyl groups is 3. The molecule has 0 fully saturated rings. The molecule has 0 radical (unpaired) electrons. The number of hydrogen-bond acceptors (Lipinski definition) is 8. The summed E-state index contributed by atoms with van der Waals surface area (Å²) in [5, 5.41) is 42.5. The Labute approximate surface area is 172 Å². The molecule has 1 aliphatic heterocycles. The number of nitro benzene ring substituents is 1. The van der Waals surface area contributed by atoms with Crippen molar-refractivity contribution in [3.63, 3.8) is 0 Å². The molecule has 1 heterocycles. The zero-order valence-corrected chi connectivity index (χ0v) is 16.2. The molecule has 1 aliphatic rings. The van der Waals surface area contributed by atoms with Crippen LogP contribution in [0, 0.1) is 10.1 Å². The van der Waals surface area contributed by atoms with Gasteiger partial charge in [-0.2, -0.15) is 0 Å². The Hall–Kier alpha value is -2.76. The minimum absolute atomic E-state index is 0.0782. The zero-order valence-electron chi connectivity index (χ0n) is 16.2. The number of aliphatic hydroxyl groups excluding tert-OH is 3. The number of quaternary nitrogens is 1. The molecule has 0 aromatic heterocycles. The molecule has 0 saturated heterocycles. The number of nitro groups is 1. The van der Waals surface area contributed by atoms with Crippen LogP contribution in [0.25, 0.3) is 0 Å². The molecule has 10 nitrogen and oxygen atoms in total. The van der Waals surface area contributed by atoms with E-state index in [1.807, 2.05) is 12.1 Å². The van der Waals surface area contributed by atoms with Crippen LogP contribution in [0.2, 0.25) is 0 Å². The minimum atomic E-state index is -1.04. The van der Waals surface area contributed by atoms with Crippen LogP contribution in [0.3, 0.4) is 0 Å². The van der Waals surface area contributed by atoms with Gasteiger partial charge >= 0.3 is 0 Å². The van der Waals surface area contributed by atoms with E-state index in [0.29, 0.717) is 23.7 Å². The zero-order chi connectivity index (χ0) is 21.5. The standard InChI is InChI=1S/C20H24N2O8/c23-9-17(20(25)14-2-4-15(5-3-14)22(26)27)21-8-16(24)11-28-10-13-1-6-18-19(7-13)30-12-29-18/h1-7,16-17,20-21,23-25H,8-12H2/p+1/t16-,17+,20+/m0/s1. The van der Waals surface area contributed by atoms with Gasteiger partial charge in [-0.15, -0.1) is 0 Å². The van der Waals surface area contributed by atoms with Crippen molar-refractivity contribution in [3.8, 4) is 11.5 Å². The highest BCUT2D eigenvalue weighted by molar-refractivity contribution is 5.44. The van der Waals surface area contributed by atoms with E-state index in [4.69, 9.17) is 14.2 Å². The first-order valence-electron chi connectivity index (χ1n) is 9.49. The summed E-state index contributed by atoms with van der Waals surface area (Å²) in [4.78, 5) is 10.2. The highest BCUT2D eigenvalue weighted by Crippen LogP contribution is 2.32. The van der Waals surface area contributed by atoms with Gasteiger partial charge in [0, 0.05) is 12.1 Å². The largest absolute Gasteiger partial charge is 0.454 e. The molecule has 2 aromatic rings. The first-order valence-corrected chi connectivity index (χ1v) is 9.49. The van der Waals surface area contributed by atoms with Gasteiger partial charge in [0.25, 0.3) is 5.69 Å². The third-order valence-corrected chi connectivity index (χ3v) is 4.79. The number of fused-ring (bicyclic) bond motifs is 1. The van der Waals surface area contributed by atoms with Gasteiger partial charge < -0.3 is 34.8 Å². The van der Waals surface area contributed by atoms with Crippen LogP contribution < -0.4 is 14.8 Å². The third kappa shape index (κ3) is 5.65. The van der Waals surface area contributed by atoms with Gasteiger partial charge in [0.15, 0.2) is 11.5 Å². The summed E-state index contributed by atoms with van der Waals surface area (Å²) in [6.45, 7) is 0.449. The van der Waals surface area contributed by atoms with E-state index in [1.54, 1.807) is 11.4 Å². The fraction of sp³-hybridized carbons (Fsp3) is 0.400. The summed E-state index contributed by atoms with van der Waals surface area (Å²) in [5.74, 6) is 1.35. The number of hydrogen-bond donors (Lipinski definition) is 4. The molecular weight excluding hydrogens is 396 g/mol. The topological polar surface area (TPSA) is 148 Å². The monoisotopic (exact) mass is 421 g/mol. The van der Waals surface area contributed by atoms with Crippen molar-refractivity contribution in [1.82, 2.24) is 0 Å². The fourth-order valence-corrected chi connectivity index (χ4v) is 3.09. The maximum absolute atomic E-state index is 10.7. The highest BCUT2D eigenvalue weighted by Gasteiger charge is 2.25. The van der Waals surface area contributed by atoms with Crippen LogP contribution >= 0.6 is 0 Å². The number of nitrogens with two attached hydrogens (primary N) is 1. The van der Waals surface area contributed by atoms with Gasteiger partial charge in [-0.05, 0) is 35.4 Å². The van der Waals surface area contributed by atoms with Crippen LogP contribution in [0.5, 0.6) is 11.5 Å². The van der Waals surface area contributed by atoms with Crippen molar-refractivity contribution in [2.45, 2.75) is 24.9 Å². The van der Waals surface area contributed by atoms with Crippen molar-refractivity contribution in [2.75, 3.05) is 26.6 Å². The molecule has 0 bridgehead atoms. The van der Waals surface area contributed by atoms with E-state index >= 15 is 0 Å². The van der Waals surface area contributed by atoms with E-state index in [0.717, 1.165) is 5.56 Å². The second-order valence-electron chi connectivity index (χ2n) is 6.97. The molecule has 5 N–H and O–H groups in total. The lowest BCUT2D eigenvalue weighted by Crippen LogP contribution is -2.94. The summed E-state index contributed by atoms with van der Waals surface area (Å²) >= 11 is 0. The van der Waals surface area contributed by atoms with Gasteiger partial charge in [-0.3, -0.25) is 10.1 Å². The molecule has 0 spiro atoms. The first-order chi connectivity index (χ1) is 14.5. The molecule has 162 valence electrons. The smallest absolute Gasteiger partial charge is 0.269 e. The van der Waals surface area contributed by atoms with Crippen molar-refractivity contribution < 1.29 is 39.8 Å². The van der Waals surface area contributed by atoms with Gasteiger partial charge in [-0.1, -0.05) is 6.07 Å². The lowest BCUT2D eigenvalue weighted by Gasteiger charge is -2.21. The predicted octanol–water partition coefficient (Wildman–Crippen LogP) is -0.141. The summed E-state index contributed by atoms with van der Waals surface area (Å²) in [6.07, 6.45) is -1.85. The number of ether oxygens (including phenoxy) is 3. The van der Waals surface area contributed by atoms with Crippen LogP contribution in [0.4, 0.5) is 5.69 Å². The van der Waals surface area contributed by atoms with Crippen molar-refractivity contribution >= 4 is 5.69 Å². The summed E-state index contributed by atoms with van der Waals surface area (Å²) < 4.78 is 16.1. The molecular formula is C20H25N2O8+. The number of nitrogens with zero attached hydrogens (tertiary/aromatic N) is 1. The van der Waals surface area contributed by atoms with Crippen LogP contribution in [0.1, 0.15) is 17.2 Å². The molecule has 30 heavy (non-hydrogen) atoms. The van der Waals surface area contributed by atoms with Gasteiger partial charge in [-0.25, -0.2) is 0 Å². The second kappa shape index (κ2) is 10.3. The van der Waals surface area contributed by atoms with Crippen LogP contribution in [-0.4, -0.2) is 58.9 Å². The average molecular weight is 421 g/mol. The number of rotatable bonds is 11. The summed E-state index contributed by atoms with van der Waals surface area (Å²) in [7, 11) is 0. The highest BCUT2D eigenvalue weighted by atomic mass is 16.7. The Bertz CT molecular complexity index is 845. The Kier molecular flexibility index (Phi) is 7.55. The average Bonchev–Trinajstić information content (AvgIpc) is 3.22. The lowest BCUT2D eigenvalue weighted by molar-refractivity contribution is -0.704. The van der Waals surface area contributed by atoms with E-state index in [1.165, 1.54) is 24.3 Å². The van der Waals surface area contributed by atoms with E-state index in [-0.39, 0.29) is 32.2 Å². The maximum Gasteiger partial charge on any atom is 0.269 e. The SMILES string of the molecule is O=[N+]([O-])c1ccc([C@@H](O)[C@@H](CO)[NH2+]C[C@H](O)COCc2ccc3c(c2)OCO3)cc1. The number of benzene rings is 2. The van der Waals surface area contributed by atoms with E-state index < -0.39 is 23.2 Å². The quantitative estimate of drug-likeness (QED) is 0.289. The van der Waals surface area contributed by atoms with Crippen molar-refractivity contribution in [1.29, 1.82) is 0 Å². The lowest BCUT2D eigenvalue weighted by atomic mass is 10.0. The molecule has 3 rings (SSSR count). The molecule has 10 heteroatoms. The molecule has 0 aliphatic carbocycles. The minimum Gasteiger partial charge on any atom is -0.454 e. The van der Waals surface area contributed by atoms with Crippen molar-refractivity contribution in [3.05, 3.63) is 63.7 Å². The third-order valence-electron chi connectivity index (χ3n) is 4.79. The predicted molar refractivity (Wildman–Crippen MR) is 104 cm³/mol. The Morgan fingerprint density at radius 2 is 1.87 bits per heavy atom. The van der Waals surface area contributed by atoms with Crippen LogP contribution in [-0.2, 0) is 11.3 Å². The van der Waals surface area contributed by atoms with Gasteiger partial charge in [0.2, 0.25) is 6.79 Å². The van der Waals surface area contributed by atoms with Crippen molar-refractivity contribution in [2.24, 2.45) is 0 Å². The molecule has 0 unspecified atom stereocenters. The van der Waals surface area contributed by atoms with E-state index in [2.05, 4.69) is 0 Å². The first kappa shape index (κ1) is 21.9. The van der Waals surface area contributed by atoms with E-state index in [9.17, 15) is 25.4 Å². The molecule has 2 aromatic carbocycles. The fourth-order valence-electron chi connectivity index (χ4n) is 3.09. The molecule has 0 amide bonds. The molecule has 0 saturated carbocycles. The van der Waals surface area contributed by atoms with Gasteiger partial charge in [0.1, 0.15) is 24.8 Å². The van der Waals surface area contributed by atoms with Gasteiger partial charge in [0.05, 0.1) is 24.7 Å². The summed E-state index contributed by atoms with van der Waals surface area (Å²) in [5.41, 5.74) is 1.26. The van der Waals surface area contributed by atoms with Crippen LogP contribution in [0.15, 0.2) is 42.5 Å². The Morgan fingerprint density at radius 3 is 2.57 bits per heavy atom.